The summed E-state index contributed by atoms with van der Waals surface area (Å²) in [5, 5.41) is 36.1. The fourth-order valence-corrected chi connectivity index (χ4v) is 10.7. The molecule has 11 nitrogen and oxygen atoms in total. The lowest BCUT2D eigenvalue weighted by Crippen LogP contribution is -2.80. The summed E-state index contributed by atoms with van der Waals surface area (Å²) in [5.74, 6) is -5.13. The van der Waals surface area contributed by atoms with Gasteiger partial charge in [-0.15, -0.1) is 0 Å². The van der Waals surface area contributed by atoms with Crippen molar-refractivity contribution in [1.29, 1.82) is 0 Å². The maximum atomic E-state index is 14.7. The van der Waals surface area contributed by atoms with Crippen molar-refractivity contribution < 1.29 is 53.1 Å². The summed E-state index contributed by atoms with van der Waals surface area (Å²) in [6, 6.07) is 1.73. The summed E-state index contributed by atoms with van der Waals surface area (Å²) >= 11 is 0. The fraction of sp³-hybridized carbons (Fsp3) is 0.758. The van der Waals surface area contributed by atoms with Crippen LogP contribution in [0.1, 0.15) is 84.6 Å². The van der Waals surface area contributed by atoms with E-state index in [0.717, 1.165) is 6.42 Å². The molecule has 0 spiro atoms. The number of carbonyl (C=O) groups is 4. The lowest BCUT2D eigenvalue weighted by atomic mass is 9.33. The molecule has 0 radical (unpaired) electrons. The zero-order valence-corrected chi connectivity index (χ0v) is 26.0. The average Bonchev–Trinajstić information content (AvgIpc) is 3.58. The topological polar surface area (TPSA) is 170 Å². The summed E-state index contributed by atoms with van der Waals surface area (Å²) in [5.41, 5.74) is -4.51. The van der Waals surface area contributed by atoms with E-state index in [2.05, 4.69) is 0 Å². The quantitative estimate of drug-likeness (QED) is 0.402. The molecule has 1 aliphatic heterocycles. The highest BCUT2D eigenvalue weighted by Gasteiger charge is 2.82. The van der Waals surface area contributed by atoms with Gasteiger partial charge in [-0.3, -0.25) is 19.2 Å². The van der Waals surface area contributed by atoms with Gasteiger partial charge in [-0.05, 0) is 37.3 Å². The zero-order valence-electron chi connectivity index (χ0n) is 26.0. The van der Waals surface area contributed by atoms with Crippen molar-refractivity contribution in [1.82, 2.24) is 0 Å². The van der Waals surface area contributed by atoms with Gasteiger partial charge in [0.15, 0.2) is 5.78 Å². The van der Waals surface area contributed by atoms with Crippen molar-refractivity contribution in [3.05, 3.63) is 24.2 Å². The standard InChI is InChI=1S/C33H44O11/c1-6-7-8-24(38)44-29-31(4)20-12-21(36)32(5)26-19(35)11-18(17-9-10-41-14-17)30(26,3)28(40)25(39)27(32)33(20,15-42-29)22(37)13-23(31)43-16(2)34/h9-10,14,18,20-23,26-29,36-37,40H,6-8,11-13,15H2,1-5H3. The van der Waals surface area contributed by atoms with Crippen LogP contribution in [0, 0.1) is 39.4 Å². The number of ether oxygens (including phenoxy) is 3. The van der Waals surface area contributed by atoms with Crippen LogP contribution in [-0.2, 0) is 33.4 Å². The van der Waals surface area contributed by atoms with Crippen LogP contribution in [0.25, 0.3) is 0 Å². The molecule has 11 heteroatoms. The number of aliphatic hydroxyl groups excluding tert-OH is 3. The Morgan fingerprint density at radius 2 is 1.73 bits per heavy atom. The number of Topliss-reactive ketones (excluding diaryl/α,β-unsaturated/α-hetero) is 2. The number of fused-ring (bicyclic) bond motifs is 3. The van der Waals surface area contributed by atoms with Gasteiger partial charge in [0.05, 0.1) is 36.8 Å². The van der Waals surface area contributed by atoms with E-state index in [1.165, 1.54) is 19.5 Å². The molecule has 2 bridgehead atoms. The number of carbonyl (C=O) groups excluding carboxylic acids is 4. The largest absolute Gasteiger partial charge is 0.472 e. The molecule has 6 rings (SSSR count). The lowest BCUT2D eigenvalue weighted by molar-refractivity contribution is -0.372. The van der Waals surface area contributed by atoms with Crippen LogP contribution >= 0.6 is 0 Å². The summed E-state index contributed by atoms with van der Waals surface area (Å²) in [6.07, 6.45) is -1.58. The van der Waals surface area contributed by atoms with Gasteiger partial charge in [0.25, 0.3) is 0 Å². The normalized spacial score (nSPS) is 47.8. The number of ketones is 2. The minimum absolute atomic E-state index is 0.0321. The maximum Gasteiger partial charge on any atom is 0.308 e. The van der Waals surface area contributed by atoms with E-state index in [1.54, 1.807) is 26.8 Å². The molecule has 44 heavy (non-hydrogen) atoms. The first-order valence-corrected chi connectivity index (χ1v) is 15.8. The molecular formula is C33H44O11. The zero-order chi connectivity index (χ0) is 32.0. The fourth-order valence-electron chi connectivity index (χ4n) is 10.7. The lowest BCUT2D eigenvalue weighted by Gasteiger charge is -2.72. The van der Waals surface area contributed by atoms with Gasteiger partial charge in [0.2, 0.25) is 6.29 Å². The Morgan fingerprint density at radius 3 is 2.36 bits per heavy atom. The molecule has 1 aromatic rings. The molecule has 0 amide bonds. The molecule has 0 aromatic carbocycles. The molecule has 5 aliphatic rings. The van der Waals surface area contributed by atoms with Gasteiger partial charge >= 0.3 is 11.9 Å². The van der Waals surface area contributed by atoms with E-state index >= 15 is 0 Å². The first-order valence-electron chi connectivity index (χ1n) is 15.8. The highest BCUT2D eigenvalue weighted by Crippen LogP contribution is 2.75. The van der Waals surface area contributed by atoms with Crippen LogP contribution in [0.15, 0.2) is 23.0 Å². The van der Waals surface area contributed by atoms with Gasteiger partial charge in [-0.2, -0.15) is 0 Å². The molecule has 4 aliphatic carbocycles. The second-order valence-corrected chi connectivity index (χ2v) is 14.6. The van der Waals surface area contributed by atoms with Crippen LogP contribution in [0.2, 0.25) is 0 Å². The van der Waals surface area contributed by atoms with Crippen molar-refractivity contribution in [2.45, 2.75) is 110 Å². The second kappa shape index (κ2) is 10.5. The van der Waals surface area contributed by atoms with Gasteiger partial charge < -0.3 is 33.9 Å². The van der Waals surface area contributed by atoms with E-state index in [9.17, 15) is 34.5 Å². The van der Waals surface area contributed by atoms with Crippen molar-refractivity contribution in [3.63, 3.8) is 0 Å². The Kier molecular flexibility index (Phi) is 7.47. The van der Waals surface area contributed by atoms with E-state index in [4.69, 9.17) is 18.6 Å². The van der Waals surface area contributed by atoms with Crippen molar-refractivity contribution in [2.75, 3.05) is 6.61 Å². The molecule has 5 fully saturated rings. The predicted octanol–water partition coefficient (Wildman–Crippen LogP) is 2.68. The van der Waals surface area contributed by atoms with E-state index < -0.39 is 93.8 Å². The molecule has 1 saturated heterocycles. The Balaban J connectivity index is 1.48. The van der Waals surface area contributed by atoms with Crippen molar-refractivity contribution >= 4 is 23.5 Å². The minimum atomic E-state index is -1.58. The third kappa shape index (κ3) is 3.88. The van der Waals surface area contributed by atoms with E-state index in [1.807, 2.05) is 6.92 Å². The third-order valence-corrected chi connectivity index (χ3v) is 12.6. The van der Waals surface area contributed by atoms with Crippen LogP contribution in [-0.4, -0.2) is 76.1 Å². The third-order valence-electron chi connectivity index (χ3n) is 12.6. The highest BCUT2D eigenvalue weighted by atomic mass is 16.7. The predicted molar refractivity (Wildman–Crippen MR) is 151 cm³/mol. The second-order valence-electron chi connectivity index (χ2n) is 14.6. The van der Waals surface area contributed by atoms with E-state index in [0.29, 0.717) is 12.0 Å². The molecule has 242 valence electrons. The summed E-state index contributed by atoms with van der Waals surface area (Å²) in [6.45, 7) is 8.22. The molecule has 2 heterocycles. The monoisotopic (exact) mass is 616 g/mol. The molecule has 13 unspecified atom stereocenters. The van der Waals surface area contributed by atoms with Gasteiger partial charge in [0, 0.05) is 60.2 Å². The van der Waals surface area contributed by atoms with E-state index in [-0.39, 0.29) is 38.1 Å². The summed E-state index contributed by atoms with van der Waals surface area (Å²) in [4.78, 5) is 53.8. The Hall–Kier alpha value is -2.60. The number of hydrogen-bond acceptors (Lipinski definition) is 11. The smallest absolute Gasteiger partial charge is 0.308 e. The van der Waals surface area contributed by atoms with Crippen LogP contribution in [0.3, 0.4) is 0 Å². The first kappa shape index (κ1) is 31.4. The van der Waals surface area contributed by atoms with Gasteiger partial charge in [0.1, 0.15) is 18.0 Å². The van der Waals surface area contributed by atoms with Crippen LogP contribution < -0.4 is 0 Å². The minimum Gasteiger partial charge on any atom is -0.472 e. The molecule has 4 saturated carbocycles. The van der Waals surface area contributed by atoms with Crippen LogP contribution in [0.4, 0.5) is 0 Å². The Labute approximate surface area is 256 Å². The highest BCUT2D eigenvalue weighted by molar-refractivity contribution is 5.96. The SMILES string of the molecule is CCCCC(=O)OC1OCC23C(O)CC(OC(C)=O)C1(C)C2CC(O)C1(C)C2C(=O)CC(c4ccoc4)C2(C)C(O)C(=O)C13. The van der Waals surface area contributed by atoms with Gasteiger partial charge in [-0.25, -0.2) is 0 Å². The number of hydrogen-bond donors (Lipinski definition) is 3. The summed E-state index contributed by atoms with van der Waals surface area (Å²) < 4.78 is 23.2. The maximum absolute atomic E-state index is 14.7. The van der Waals surface area contributed by atoms with Crippen LogP contribution in [0.5, 0.6) is 0 Å². The Bertz CT molecular complexity index is 1340. The molecular weight excluding hydrogens is 572 g/mol. The van der Waals surface area contributed by atoms with Gasteiger partial charge in [-0.1, -0.05) is 27.2 Å². The number of rotatable bonds is 6. The average molecular weight is 617 g/mol. The number of unbranched alkanes of at least 4 members (excludes halogenated alkanes) is 1. The first-order chi connectivity index (χ1) is 20.7. The molecule has 1 aromatic heterocycles. The molecule has 13 atom stereocenters. The Morgan fingerprint density at radius 1 is 1.00 bits per heavy atom. The molecule has 3 N–H and O–H groups in total. The van der Waals surface area contributed by atoms with Crippen molar-refractivity contribution in [2.24, 2.45) is 39.4 Å². The van der Waals surface area contributed by atoms with Crippen molar-refractivity contribution in [3.8, 4) is 0 Å². The number of esters is 2. The number of aliphatic hydroxyl groups is 3. The summed E-state index contributed by atoms with van der Waals surface area (Å²) in [7, 11) is 0. The number of furan rings is 1.